The van der Waals surface area contributed by atoms with Crippen molar-refractivity contribution in [3.8, 4) is 11.5 Å². The van der Waals surface area contributed by atoms with Crippen molar-refractivity contribution in [3.05, 3.63) is 54.1 Å². The predicted molar refractivity (Wildman–Crippen MR) is 112 cm³/mol. The van der Waals surface area contributed by atoms with E-state index < -0.39 is 6.10 Å². The summed E-state index contributed by atoms with van der Waals surface area (Å²) in [6, 6.07) is 15.7. The van der Waals surface area contributed by atoms with Crippen molar-refractivity contribution in [3.63, 3.8) is 0 Å². The number of nitrogens with zero attached hydrogens (tertiary/aromatic N) is 2. The van der Waals surface area contributed by atoms with Gasteiger partial charge in [0, 0.05) is 39.5 Å². The van der Waals surface area contributed by atoms with Crippen LogP contribution < -0.4 is 14.4 Å². The number of rotatable bonds is 6. The van der Waals surface area contributed by atoms with Crippen LogP contribution in [0.5, 0.6) is 11.5 Å². The van der Waals surface area contributed by atoms with Gasteiger partial charge in [0.2, 0.25) is 6.10 Å². The molecule has 2 aromatic rings. The Morgan fingerprint density at radius 1 is 1.07 bits per heavy atom. The number of amides is 1. The number of benzene rings is 2. The van der Waals surface area contributed by atoms with Crippen LogP contribution >= 0.6 is 0 Å². The number of carbonyl (C=O) groups excluding carboxylic acids is 1. The second kappa shape index (κ2) is 8.74. The van der Waals surface area contributed by atoms with Crippen molar-refractivity contribution in [1.82, 2.24) is 4.90 Å². The normalized spacial score (nSPS) is 20.3. The van der Waals surface area contributed by atoms with Gasteiger partial charge in [-0.2, -0.15) is 0 Å². The largest absolute Gasteiger partial charge is 0.485 e. The number of anilines is 1. The summed E-state index contributed by atoms with van der Waals surface area (Å²) in [6.07, 6.45) is 1.46. The summed E-state index contributed by atoms with van der Waals surface area (Å²) in [4.78, 5) is 17.2. The van der Waals surface area contributed by atoms with Gasteiger partial charge in [0.15, 0.2) is 11.5 Å². The monoisotopic (exact) mass is 396 g/mol. The molecule has 2 aromatic carbocycles. The van der Waals surface area contributed by atoms with Gasteiger partial charge < -0.3 is 24.0 Å². The Morgan fingerprint density at radius 3 is 2.52 bits per heavy atom. The zero-order valence-corrected chi connectivity index (χ0v) is 17.0. The summed E-state index contributed by atoms with van der Waals surface area (Å²) in [7, 11) is 4.03. The summed E-state index contributed by atoms with van der Waals surface area (Å²) in [5, 5.41) is 0. The van der Waals surface area contributed by atoms with E-state index in [-0.39, 0.29) is 18.6 Å². The van der Waals surface area contributed by atoms with Gasteiger partial charge in [-0.25, -0.2) is 0 Å². The van der Waals surface area contributed by atoms with Crippen LogP contribution in [-0.4, -0.2) is 56.9 Å². The lowest BCUT2D eigenvalue weighted by Crippen LogP contribution is -2.48. The van der Waals surface area contributed by atoms with Gasteiger partial charge in [0.25, 0.3) is 5.91 Å². The Morgan fingerprint density at radius 2 is 1.83 bits per heavy atom. The molecule has 2 aliphatic rings. The second-order valence-electron chi connectivity index (χ2n) is 7.78. The number of fused-ring (bicyclic) bond motifs is 1. The van der Waals surface area contributed by atoms with Crippen LogP contribution in [0.2, 0.25) is 0 Å². The van der Waals surface area contributed by atoms with E-state index >= 15 is 0 Å². The minimum absolute atomic E-state index is 0.0633. The molecule has 0 saturated carbocycles. The molecule has 2 unspecified atom stereocenters. The molecule has 0 aromatic heterocycles. The Bertz CT molecular complexity index is 831. The molecule has 29 heavy (non-hydrogen) atoms. The maximum atomic E-state index is 13.3. The van der Waals surface area contributed by atoms with E-state index in [9.17, 15) is 4.79 Å². The van der Waals surface area contributed by atoms with Crippen LogP contribution in [0.15, 0.2) is 48.5 Å². The van der Waals surface area contributed by atoms with E-state index in [1.807, 2.05) is 43.3 Å². The molecule has 2 atom stereocenters. The molecular weight excluding hydrogens is 368 g/mol. The molecule has 1 saturated heterocycles. The van der Waals surface area contributed by atoms with Crippen molar-refractivity contribution in [2.75, 3.05) is 38.8 Å². The molecule has 6 nitrogen and oxygen atoms in total. The van der Waals surface area contributed by atoms with E-state index in [2.05, 4.69) is 29.2 Å². The third-order valence-corrected chi connectivity index (χ3v) is 5.37. The van der Waals surface area contributed by atoms with E-state index in [0.717, 1.165) is 30.7 Å². The Labute approximate surface area is 172 Å². The van der Waals surface area contributed by atoms with Crippen LogP contribution in [-0.2, 0) is 16.1 Å². The lowest BCUT2D eigenvalue weighted by atomic mass is 10.1. The predicted octanol–water partition coefficient (Wildman–Crippen LogP) is 3.10. The maximum absolute atomic E-state index is 13.3. The second-order valence-corrected chi connectivity index (χ2v) is 7.78. The molecule has 1 amide bonds. The number of para-hydroxylation sites is 2. The SMILES string of the molecule is CN(C)c1ccc(CN(CC2CCCO2)C(=O)C2COc3ccccc3O2)cc1. The fourth-order valence-electron chi connectivity index (χ4n) is 3.73. The average Bonchev–Trinajstić information content (AvgIpc) is 3.26. The van der Waals surface area contributed by atoms with Crippen LogP contribution in [0, 0.1) is 0 Å². The van der Waals surface area contributed by atoms with Gasteiger partial charge >= 0.3 is 0 Å². The number of hydrogen-bond acceptors (Lipinski definition) is 5. The van der Waals surface area contributed by atoms with Crippen LogP contribution in [0.4, 0.5) is 5.69 Å². The van der Waals surface area contributed by atoms with Gasteiger partial charge in [-0.15, -0.1) is 0 Å². The molecule has 1 fully saturated rings. The van der Waals surface area contributed by atoms with E-state index in [1.165, 1.54) is 0 Å². The zero-order valence-electron chi connectivity index (χ0n) is 17.0. The maximum Gasteiger partial charge on any atom is 0.267 e. The summed E-state index contributed by atoms with van der Waals surface area (Å²) < 4.78 is 17.5. The van der Waals surface area contributed by atoms with Crippen molar-refractivity contribution in [1.29, 1.82) is 0 Å². The van der Waals surface area contributed by atoms with Gasteiger partial charge in [-0.05, 0) is 42.7 Å². The van der Waals surface area contributed by atoms with Crippen LogP contribution in [0.3, 0.4) is 0 Å². The number of ether oxygens (including phenoxy) is 3. The lowest BCUT2D eigenvalue weighted by molar-refractivity contribution is -0.143. The molecular formula is C23H28N2O4. The fourth-order valence-corrected chi connectivity index (χ4v) is 3.73. The standard InChI is InChI=1S/C23H28N2O4/c1-24(2)18-11-9-17(10-12-18)14-25(15-19-6-5-13-27-19)23(26)22-16-28-20-7-3-4-8-21(20)29-22/h3-4,7-12,19,22H,5-6,13-16H2,1-2H3. The Kier molecular flexibility index (Phi) is 5.90. The first kappa shape index (κ1) is 19.6. The van der Waals surface area contributed by atoms with Gasteiger partial charge in [-0.1, -0.05) is 24.3 Å². The molecule has 2 heterocycles. The summed E-state index contributed by atoms with van der Waals surface area (Å²) in [5.41, 5.74) is 2.21. The topological polar surface area (TPSA) is 51.2 Å². The van der Waals surface area contributed by atoms with E-state index in [1.54, 1.807) is 0 Å². The minimum Gasteiger partial charge on any atom is -0.485 e. The van der Waals surface area contributed by atoms with E-state index in [4.69, 9.17) is 14.2 Å². The fraction of sp³-hybridized carbons (Fsp3) is 0.435. The molecule has 2 aliphatic heterocycles. The first-order valence-electron chi connectivity index (χ1n) is 10.2. The van der Waals surface area contributed by atoms with Crippen molar-refractivity contribution < 1.29 is 19.0 Å². The summed E-state index contributed by atoms with van der Waals surface area (Å²) >= 11 is 0. The first-order chi connectivity index (χ1) is 14.1. The zero-order chi connectivity index (χ0) is 20.2. The molecule has 6 heteroatoms. The molecule has 0 spiro atoms. The third kappa shape index (κ3) is 4.65. The van der Waals surface area contributed by atoms with Gasteiger partial charge in [0.1, 0.15) is 6.61 Å². The Balaban J connectivity index is 1.49. The summed E-state index contributed by atoms with van der Waals surface area (Å²) in [6.45, 7) is 2.07. The van der Waals surface area contributed by atoms with Crippen LogP contribution in [0.1, 0.15) is 18.4 Å². The van der Waals surface area contributed by atoms with Crippen molar-refractivity contribution >= 4 is 11.6 Å². The first-order valence-corrected chi connectivity index (χ1v) is 10.2. The molecule has 0 radical (unpaired) electrons. The van der Waals surface area contributed by atoms with Gasteiger partial charge in [-0.3, -0.25) is 4.79 Å². The number of hydrogen-bond donors (Lipinski definition) is 0. The lowest BCUT2D eigenvalue weighted by Gasteiger charge is -2.32. The smallest absolute Gasteiger partial charge is 0.267 e. The molecule has 0 aliphatic carbocycles. The van der Waals surface area contributed by atoms with E-state index in [0.29, 0.717) is 24.6 Å². The molecule has 0 bridgehead atoms. The van der Waals surface area contributed by atoms with Crippen molar-refractivity contribution in [2.24, 2.45) is 0 Å². The van der Waals surface area contributed by atoms with Gasteiger partial charge in [0.05, 0.1) is 6.10 Å². The summed E-state index contributed by atoms with van der Waals surface area (Å²) in [5.74, 6) is 1.23. The highest BCUT2D eigenvalue weighted by molar-refractivity contribution is 5.82. The highest BCUT2D eigenvalue weighted by atomic mass is 16.6. The van der Waals surface area contributed by atoms with Crippen LogP contribution in [0.25, 0.3) is 0 Å². The molecule has 0 N–H and O–H groups in total. The Hall–Kier alpha value is -2.73. The molecule has 4 rings (SSSR count). The highest BCUT2D eigenvalue weighted by Gasteiger charge is 2.33. The average molecular weight is 396 g/mol. The minimum atomic E-state index is -0.646. The highest BCUT2D eigenvalue weighted by Crippen LogP contribution is 2.31. The quantitative estimate of drug-likeness (QED) is 0.751. The molecule has 154 valence electrons. The van der Waals surface area contributed by atoms with Crippen molar-refractivity contribution in [2.45, 2.75) is 31.6 Å². The third-order valence-electron chi connectivity index (χ3n) is 5.37. The number of carbonyl (C=O) groups is 1.